The average Bonchev–Trinajstić information content (AvgIpc) is 3.48. The van der Waals surface area contributed by atoms with Crippen molar-refractivity contribution in [2.45, 2.75) is 58.5 Å². The molecule has 0 saturated carbocycles. The van der Waals surface area contributed by atoms with Crippen molar-refractivity contribution in [1.82, 2.24) is 14.8 Å². The van der Waals surface area contributed by atoms with Crippen LogP contribution in [0.25, 0.3) is 0 Å². The molecule has 3 heterocycles. The Kier molecular flexibility index (Phi) is 6.95. The Morgan fingerprint density at radius 3 is 2.63 bits per heavy atom. The third-order valence-corrected chi connectivity index (χ3v) is 8.73. The molecule has 0 bridgehead atoms. The molecular formula is C33H35N5O5. The number of carboxylic acid groups (broad SMARTS) is 1. The Balaban J connectivity index is 1.20. The Labute approximate surface area is 250 Å². The van der Waals surface area contributed by atoms with Crippen LogP contribution in [0.5, 0.6) is 0 Å². The van der Waals surface area contributed by atoms with E-state index in [9.17, 15) is 24.3 Å². The number of hydrogen-bond donors (Lipinski definition) is 3. The van der Waals surface area contributed by atoms with E-state index >= 15 is 0 Å². The second kappa shape index (κ2) is 10.5. The van der Waals surface area contributed by atoms with Gasteiger partial charge in [-0.3, -0.25) is 14.4 Å². The maximum atomic E-state index is 13.5. The van der Waals surface area contributed by atoms with Crippen molar-refractivity contribution in [2.24, 2.45) is 5.41 Å². The number of fused-ring (bicyclic) bond motifs is 4. The van der Waals surface area contributed by atoms with Gasteiger partial charge in [0.25, 0.3) is 0 Å². The molecule has 0 saturated heterocycles. The largest absolute Gasteiger partial charge is 0.465 e. The summed E-state index contributed by atoms with van der Waals surface area (Å²) in [5.74, 6) is 0.0265. The summed E-state index contributed by atoms with van der Waals surface area (Å²) in [4.78, 5) is 58.8. The molecule has 3 aliphatic rings. The van der Waals surface area contributed by atoms with Gasteiger partial charge >= 0.3 is 6.09 Å². The third kappa shape index (κ3) is 5.22. The second-order valence-corrected chi connectivity index (χ2v) is 12.7. The molecule has 6 rings (SSSR count). The summed E-state index contributed by atoms with van der Waals surface area (Å²) in [6.45, 7) is 6.15. The van der Waals surface area contributed by atoms with Gasteiger partial charge in [0.15, 0.2) is 0 Å². The van der Waals surface area contributed by atoms with Crippen LogP contribution in [0, 0.1) is 5.41 Å². The van der Waals surface area contributed by atoms with Gasteiger partial charge in [-0.15, -0.1) is 0 Å². The maximum Gasteiger partial charge on any atom is 0.407 e. The monoisotopic (exact) mass is 581 g/mol. The number of rotatable bonds is 5. The van der Waals surface area contributed by atoms with Crippen LogP contribution in [0.4, 0.5) is 16.3 Å². The number of hydrogen-bond acceptors (Lipinski definition) is 5. The molecule has 0 radical (unpaired) electrons. The van der Waals surface area contributed by atoms with Gasteiger partial charge < -0.3 is 25.5 Å². The molecule has 1 unspecified atom stereocenters. The van der Waals surface area contributed by atoms with Crippen molar-refractivity contribution in [3.05, 3.63) is 88.1 Å². The zero-order valence-electron chi connectivity index (χ0n) is 24.6. The van der Waals surface area contributed by atoms with Crippen LogP contribution in [0.1, 0.15) is 54.2 Å². The lowest BCUT2D eigenvalue weighted by Crippen LogP contribution is -2.44. The predicted octanol–water partition coefficient (Wildman–Crippen LogP) is 4.12. The molecule has 4 amide bonds. The summed E-state index contributed by atoms with van der Waals surface area (Å²) in [7, 11) is 0. The van der Waals surface area contributed by atoms with Crippen LogP contribution >= 0.6 is 0 Å². The highest BCUT2D eigenvalue weighted by molar-refractivity contribution is 6.06. The molecule has 0 fully saturated rings. The van der Waals surface area contributed by atoms with Crippen molar-refractivity contribution in [3.63, 3.8) is 0 Å². The van der Waals surface area contributed by atoms with Crippen LogP contribution < -0.4 is 10.6 Å². The fourth-order valence-corrected chi connectivity index (χ4v) is 6.56. The first-order chi connectivity index (χ1) is 20.4. The van der Waals surface area contributed by atoms with Crippen molar-refractivity contribution in [3.8, 4) is 0 Å². The minimum atomic E-state index is -0.975. The van der Waals surface area contributed by atoms with Crippen molar-refractivity contribution in [1.29, 1.82) is 0 Å². The van der Waals surface area contributed by atoms with E-state index in [4.69, 9.17) is 0 Å². The van der Waals surface area contributed by atoms with E-state index in [2.05, 4.69) is 15.6 Å². The number of aromatic nitrogens is 1. The minimum absolute atomic E-state index is 0.0612. The maximum absolute atomic E-state index is 13.5. The standard InChI is InChI=1S/C33H35N5O5/c1-32(2,3)30(41)38(17-22-7-4-6-20-11-13-37(31(42)43)18-25(20)22)19-27(39)35-24-10-9-21-15-33(16-23(21)14-24)26-8-5-12-34-28(26)36-29(33)40/h4-10,12,14H,11,13,15-19H2,1-3H3,(H,35,39)(H,42,43)(H,34,36,40). The number of anilines is 2. The molecule has 3 N–H and O–H groups in total. The van der Waals surface area contributed by atoms with Crippen LogP contribution in [0.15, 0.2) is 54.7 Å². The fraction of sp³-hybridized carbons (Fsp3) is 0.364. The molecule has 2 aromatic carbocycles. The van der Waals surface area contributed by atoms with Crippen molar-refractivity contribution >= 4 is 35.3 Å². The summed E-state index contributed by atoms with van der Waals surface area (Å²) in [5, 5.41) is 15.4. The molecule has 222 valence electrons. The highest BCUT2D eigenvalue weighted by Gasteiger charge is 2.51. The number of carbonyl (C=O) groups excluding carboxylic acids is 3. The Morgan fingerprint density at radius 2 is 1.86 bits per heavy atom. The van der Waals surface area contributed by atoms with Crippen LogP contribution in [-0.2, 0) is 52.2 Å². The smallest absolute Gasteiger partial charge is 0.407 e. The number of carbonyl (C=O) groups is 4. The summed E-state index contributed by atoms with van der Waals surface area (Å²) >= 11 is 0. The second-order valence-electron chi connectivity index (χ2n) is 12.7. The van der Waals surface area contributed by atoms with E-state index in [0.717, 1.165) is 33.4 Å². The highest BCUT2D eigenvalue weighted by atomic mass is 16.4. The van der Waals surface area contributed by atoms with Crippen LogP contribution in [-0.4, -0.2) is 56.8 Å². The summed E-state index contributed by atoms with van der Waals surface area (Å²) in [6, 6.07) is 15.3. The van der Waals surface area contributed by atoms with E-state index in [-0.39, 0.29) is 37.4 Å². The number of amides is 4. The molecule has 43 heavy (non-hydrogen) atoms. The minimum Gasteiger partial charge on any atom is -0.465 e. The summed E-state index contributed by atoms with van der Waals surface area (Å²) < 4.78 is 0. The lowest BCUT2D eigenvalue weighted by molar-refractivity contribution is -0.142. The number of nitrogens with one attached hydrogen (secondary N) is 2. The molecular weight excluding hydrogens is 546 g/mol. The number of benzene rings is 2. The van der Waals surface area contributed by atoms with Gasteiger partial charge in [-0.05, 0) is 65.3 Å². The molecule has 2 aliphatic heterocycles. The van der Waals surface area contributed by atoms with Crippen LogP contribution in [0.3, 0.4) is 0 Å². The summed E-state index contributed by atoms with van der Waals surface area (Å²) in [6.07, 6.45) is 2.37. The van der Waals surface area contributed by atoms with E-state index in [1.165, 1.54) is 4.90 Å². The average molecular weight is 582 g/mol. The van der Waals surface area contributed by atoms with E-state index in [1.807, 2.05) is 69.3 Å². The third-order valence-electron chi connectivity index (χ3n) is 8.73. The SMILES string of the molecule is CC(C)(C)C(=O)N(CC(=O)Nc1ccc2c(c1)CC1(C2)C(=O)Nc2ncccc21)Cc1cccc2c1CN(C(=O)O)CC2. The first kappa shape index (κ1) is 28.4. The van der Waals surface area contributed by atoms with E-state index < -0.39 is 16.9 Å². The highest BCUT2D eigenvalue weighted by Crippen LogP contribution is 2.47. The summed E-state index contributed by atoms with van der Waals surface area (Å²) in [5.41, 5.74) is 4.91. The molecule has 10 nitrogen and oxygen atoms in total. The lowest BCUT2D eigenvalue weighted by atomic mass is 9.79. The van der Waals surface area contributed by atoms with Gasteiger partial charge in [-0.1, -0.05) is 51.1 Å². The molecule has 1 spiro atoms. The zero-order chi connectivity index (χ0) is 30.5. The van der Waals surface area contributed by atoms with Gasteiger partial charge in [-0.25, -0.2) is 9.78 Å². The van der Waals surface area contributed by atoms with Gasteiger partial charge in [0.05, 0.1) is 5.41 Å². The van der Waals surface area contributed by atoms with E-state index in [0.29, 0.717) is 37.3 Å². The van der Waals surface area contributed by atoms with Gasteiger partial charge in [0, 0.05) is 42.5 Å². The zero-order valence-corrected chi connectivity index (χ0v) is 24.6. The Morgan fingerprint density at radius 1 is 1.07 bits per heavy atom. The molecule has 1 aromatic heterocycles. The molecule has 1 aliphatic carbocycles. The van der Waals surface area contributed by atoms with Crippen molar-refractivity contribution in [2.75, 3.05) is 23.7 Å². The fourth-order valence-electron chi connectivity index (χ4n) is 6.56. The molecule has 3 aromatic rings. The lowest BCUT2D eigenvalue weighted by Gasteiger charge is -2.32. The van der Waals surface area contributed by atoms with Crippen molar-refractivity contribution < 1.29 is 24.3 Å². The number of pyridine rings is 1. The van der Waals surface area contributed by atoms with Crippen LogP contribution in [0.2, 0.25) is 0 Å². The topological polar surface area (TPSA) is 132 Å². The first-order valence-corrected chi connectivity index (χ1v) is 14.5. The first-order valence-electron chi connectivity index (χ1n) is 14.5. The quantitative estimate of drug-likeness (QED) is 0.415. The van der Waals surface area contributed by atoms with Gasteiger partial charge in [0.2, 0.25) is 17.7 Å². The number of nitrogens with zero attached hydrogens (tertiary/aromatic N) is 3. The Hall–Kier alpha value is -4.73. The normalized spacial score (nSPS) is 18.5. The van der Waals surface area contributed by atoms with Gasteiger partial charge in [-0.2, -0.15) is 0 Å². The van der Waals surface area contributed by atoms with E-state index in [1.54, 1.807) is 11.1 Å². The molecule has 1 atom stereocenters. The molecule has 10 heteroatoms. The predicted molar refractivity (Wildman–Crippen MR) is 160 cm³/mol. The van der Waals surface area contributed by atoms with Gasteiger partial charge in [0.1, 0.15) is 12.4 Å². The Bertz CT molecular complexity index is 1660.